The third-order valence-electron chi connectivity index (χ3n) is 4.62. The number of hydrogen-bond donors (Lipinski definition) is 1. The second kappa shape index (κ2) is 7.18. The summed E-state index contributed by atoms with van der Waals surface area (Å²) in [5.74, 6) is 1.38. The summed E-state index contributed by atoms with van der Waals surface area (Å²) >= 11 is 5.93. The molecule has 0 aliphatic carbocycles. The smallest absolute Gasteiger partial charge is 0.216 e. The molecule has 0 atom stereocenters. The van der Waals surface area contributed by atoms with Crippen molar-refractivity contribution >= 4 is 17.8 Å². The fourth-order valence-corrected chi connectivity index (χ4v) is 3.30. The molecule has 1 aliphatic heterocycles. The summed E-state index contributed by atoms with van der Waals surface area (Å²) in [6.45, 7) is 0.892. The van der Waals surface area contributed by atoms with Crippen molar-refractivity contribution in [3.05, 3.63) is 82.8 Å². The number of aromatic nitrogens is 3. The largest absolute Gasteiger partial charge is 0.439 e. The first-order chi connectivity index (χ1) is 14.2. The molecule has 0 spiro atoms. The SMILES string of the molecule is Fc1ccccc1-c1nc2c([nH]1)CN(Cc1ncc(-c3ccc(Cl)cc3)o1)N=C2. The van der Waals surface area contributed by atoms with Gasteiger partial charge in [-0.2, -0.15) is 5.10 Å². The van der Waals surface area contributed by atoms with Gasteiger partial charge in [0, 0.05) is 10.6 Å². The second-order valence-corrected chi connectivity index (χ2v) is 7.06. The Kier molecular flexibility index (Phi) is 4.37. The maximum atomic E-state index is 14.0. The highest BCUT2D eigenvalue weighted by molar-refractivity contribution is 6.30. The lowest BCUT2D eigenvalue weighted by molar-refractivity contribution is 0.238. The molecule has 1 N–H and O–H groups in total. The number of benzene rings is 2. The molecule has 1 aliphatic rings. The summed E-state index contributed by atoms with van der Waals surface area (Å²) in [6.07, 6.45) is 3.34. The van der Waals surface area contributed by atoms with Gasteiger partial charge in [-0.05, 0) is 36.4 Å². The van der Waals surface area contributed by atoms with E-state index >= 15 is 0 Å². The first-order valence-corrected chi connectivity index (χ1v) is 9.37. The predicted octanol–water partition coefficient (Wildman–Crippen LogP) is 4.87. The standard InChI is InChI=1S/C21H15ClFN5O/c22-14-7-5-13(6-8-14)19-10-24-20(29-19)12-28-11-18-17(9-25-28)26-21(27-18)15-3-1-2-4-16(15)23/h1-10H,11-12H2,(H,26,27). The van der Waals surface area contributed by atoms with Crippen LogP contribution in [0.4, 0.5) is 4.39 Å². The van der Waals surface area contributed by atoms with E-state index in [0.717, 1.165) is 11.3 Å². The number of hydrogen-bond acceptors (Lipinski definition) is 5. The number of fused-ring (bicyclic) bond motifs is 1. The van der Waals surface area contributed by atoms with E-state index in [2.05, 4.69) is 20.1 Å². The second-order valence-electron chi connectivity index (χ2n) is 6.62. The Labute approximate surface area is 170 Å². The molecule has 0 saturated carbocycles. The summed E-state index contributed by atoms with van der Waals surface area (Å²) in [4.78, 5) is 12.0. The van der Waals surface area contributed by atoms with Gasteiger partial charge in [0.1, 0.15) is 23.9 Å². The van der Waals surface area contributed by atoms with Crippen LogP contribution in [-0.2, 0) is 13.1 Å². The zero-order valence-corrected chi connectivity index (χ0v) is 15.9. The molecule has 0 radical (unpaired) electrons. The number of imidazole rings is 1. The van der Waals surface area contributed by atoms with E-state index in [9.17, 15) is 4.39 Å². The molecular weight excluding hydrogens is 393 g/mol. The molecule has 0 saturated heterocycles. The van der Waals surface area contributed by atoms with E-state index < -0.39 is 0 Å². The first kappa shape index (κ1) is 17.6. The Morgan fingerprint density at radius 3 is 2.79 bits per heavy atom. The summed E-state index contributed by atoms with van der Waals surface area (Å²) in [5, 5.41) is 6.88. The Morgan fingerprint density at radius 2 is 1.97 bits per heavy atom. The molecule has 5 rings (SSSR count). The van der Waals surface area contributed by atoms with E-state index in [1.807, 2.05) is 17.1 Å². The Bertz CT molecular complexity index is 1200. The van der Waals surface area contributed by atoms with Crippen molar-refractivity contribution in [1.29, 1.82) is 0 Å². The van der Waals surface area contributed by atoms with Gasteiger partial charge in [0.25, 0.3) is 0 Å². The van der Waals surface area contributed by atoms with Gasteiger partial charge in [0.05, 0.1) is 30.2 Å². The third-order valence-corrected chi connectivity index (χ3v) is 4.88. The summed E-state index contributed by atoms with van der Waals surface area (Å²) < 4.78 is 19.9. The van der Waals surface area contributed by atoms with Gasteiger partial charge in [-0.1, -0.05) is 23.7 Å². The van der Waals surface area contributed by atoms with E-state index in [1.54, 1.807) is 42.7 Å². The van der Waals surface area contributed by atoms with E-state index in [4.69, 9.17) is 16.0 Å². The minimum absolute atomic E-state index is 0.318. The minimum atomic E-state index is -0.318. The van der Waals surface area contributed by atoms with Crippen molar-refractivity contribution in [2.75, 3.05) is 0 Å². The van der Waals surface area contributed by atoms with Crippen molar-refractivity contribution in [3.63, 3.8) is 0 Å². The van der Waals surface area contributed by atoms with Gasteiger partial charge < -0.3 is 9.40 Å². The molecule has 3 heterocycles. The molecule has 2 aromatic carbocycles. The van der Waals surface area contributed by atoms with Crippen molar-refractivity contribution in [2.45, 2.75) is 13.1 Å². The Balaban J connectivity index is 1.32. The quantitative estimate of drug-likeness (QED) is 0.523. The van der Waals surface area contributed by atoms with Crippen LogP contribution in [0, 0.1) is 5.82 Å². The average Bonchev–Trinajstić information content (AvgIpc) is 3.35. The molecule has 29 heavy (non-hydrogen) atoms. The molecule has 8 heteroatoms. The fourth-order valence-electron chi connectivity index (χ4n) is 3.17. The maximum absolute atomic E-state index is 14.0. The molecule has 0 fully saturated rings. The van der Waals surface area contributed by atoms with E-state index in [0.29, 0.717) is 46.8 Å². The van der Waals surface area contributed by atoms with Gasteiger partial charge in [0.2, 0.25) is 5.89 Å². The first-order valence-electron chi connectivity index (χ1n) is 8.99. The molecule has 144 valence electrons. The molecule has 0 bridgehead atoms. The van der Waals surface area contributed by atoms with E-state index in [-0.39, 0.29) is 5.82 Å². The van der Waals surface area contributed by atoms with Crippen LogP contribution in [0.3, 0.4) is 0 Å². The van der Waals surface area contributed by atoms with Crippen LogP contribution in [0.25, 0.3) is 22.7 Å². The van der Waals surface area contributed by atoms with Crippen molar-refractivity contribution in [3.8, 4) is 22.7 Å². The van der Waals surface area contributed by atoms with Gasteiger partial charge in [-0.25, -0.2) is 14.4 Å². The van der Waals surface area contributed by atoms with Crippen LogP contribution >= 0.6 is 11.6 Å². The van der Waals surface area contributed by atoms with Crippen LogP contribution in [0.15, 0.2) is 64.2 Å². The number of H-pyrrole nitrogens is 1. The minimum Gasteiger partial charge on any atom is -0.439 e. The lowest BCUT2D eigenvalue weighted by Crippen LogP contribution is -2.21. The fraction of sp³-hybridized carbons (Fsp3) is 0.0952. The van der Waals surface area contributed by atoms with Crippen LogP contribution in [-0.4, -0.2) is 26.2 Å². The predicted molar refractivity (Wildman–Crippen MR) is 108 cm³/mol. The zero-order chi connectivity index (χ0) is 19.8. The highest BCUT2D eigenvalue weighted by Crippen LogP contribution is 2.25. The summed E-state index contributed by atoms with van der Waals surface area (Å²) in [5.41, 5.74) is 2.90. The third kappa shape index (κ3) is 3.52. The van der Waals surface area contributed by atoms with Gasteiger partial charge in [-0.15, -0.1) is 0 Å². The topological polar surface area (TPSA) is 70.3 Å². The maximum Gasteiger partial charge on any atom is 0.216 e. The number of nitrogens with zero attached hydrogens (tertiary/aromatic N) is 4. The average molecular weight is 408 g/mol. The van der Waals surface area contributed by atoms with Crippen LogP contribution < -0.4 is 0 Å². The zero-order valence-electron chi connectivity index (χ0n) is 15.1. The lowest BCUT2D eigenvalue weighted by atomic mass is 10.2. The van der Waals surface area contributed by atoms with Crippen molar-refractivity contribution < 1.29 is 8.81 Å². The lowest BCUT2D eigenvalue weighted by Gasteiger charge is -2.19. The summed E-state index contributed by atoms with van der Waals surface area (Å²) in [6, 6.07) is 13.9. The van der Waals surface area contributed by atoms with Gasteiger partial charge >= 0.3 is 0 Å². The number of hydrazone groups is 1. The van der Waals surface area contributed by atoms with Crippen LogP contribution in [0.1, 0.15) is 17.3 Å². The number of rotatable bonds is 4. The number of nitrogens with one attached hydrogen (secondary N) is 1. The Hall–Kier alpha value is -3.45. The number of halogens is 2. The molecule has 4 aromatic rings. The molecule has 6 nitrogen and oxygen atoms in total. The normalized spacial score (nSPS) is 13.0. The van der Waals surface area contributed by atoms with Crippen LogP contribution in [0.2, 0.25) is 5.02 Å². The Morgan fingerprint density at radius 1 is 1.14 bits per heavy atom. The van der Waals surface area contributed by atoms with Crippen molar-refractivity contribution in [2.24, 2.45) is 5.10 Å². The van der Waals surface area contributed by atoms with Gasteiger partial charge in [-0.3, -0.25) is 5.01 Å². The monoisotopic (exact) mass is 407 g/mol. The number of aromatic amines is 1. The highest BCUT2D eigenvalue weighted by atomic mass is 35.5. The van der Waals surface area contributed by atoms with Crippen molar-refractivity contribution in [1.82, 2.24) is 20.0 Å². The molecule has 0 unspecified atom stereocenters. The van der Waals surface area contributed by atoms with Gasteiger partial charge in [0.15, 0.2) is 5.76 Å². The molecular formula is C21H15ClFN5O. The highest BCUT2D eigenvalue weighted by Gasteiger charge is 2.20. The molecule has 0 amide bonds. The van der Waals surface area contributed by atoms with E-state index in [1.165, 1.54) is 6.07 Å². The number of oxazole rings is 1. The molecule has 2 aromatic heterocycles. The summed E-state index contributed by atoms with van der Waals surface area (Å²) in [7, 11) is 0. The van der Waals surface area contributed by atoms with Crippen LogP contribution in [0.5, 0.6) is 0 Å².